The van der Waals surface area contributed by atoms with E-state index < -0.39 is 0 Å². The number of fused-ring (bicyclic) bond motifs is 1. The lowest BCUT2D eigenvalue weighted by atomic mass is 9.96. The van der Waals surface area contributed by atoms with Gasteiger partial charge in [0, 0.05) is 43.5 Å². The van der Waals surface area contributed by atoms with Crippen molar-refractivity contribution in [1.29, 1.82) is 0 Å². The molecule has 2 N–H and O–H groups in total. The average molecular weight is 246 g/mol. The van der Waals surface area contributed by atoms with Gasteiger partial charge in [0.1, 0.15) is 12.0 Å². The highest BCUT2D eigenvalue weighted by molar-refractivity contribution is 5.41. The van der Waals surface area contributed by atoms with Crippen LogP contribution in [0, 0.1) is 0 Å². The summed E-state index contributed by atoms with van der Waals surface area (Å²) in [4.78, 5) is 9.11. The molecule has 1 aliphatic rings. The lowest BCUT2D eigenvalue weighted by Crippen LogP contribution is -2.15. The van der Waals surface area contributed by atoms with E-state index >= 15 is 0 Å². The number of hydrogen-bond donors (Lipinski definition) is 1. The fourth-order valence-corrected chi connectivity index (χ4v) is 2.44. The fourth-order valence-electron chi connectivity index (χ4n) is 2.44. The van der Waals surface area contributed by atoms with Crippen LogP contribution in [0.4, 0.5) is 0 Å². The Hall–Kier alpha value is -1.46. The molecule has 2 aromatic heterocycles. The van der Waals surface area contributed by atoms with E-state index in [1.54, 1.807) is 0 Å². The number of hydrogen-bond acceptors (Lipinski definition) is 4. The first-order valence-electron chi connectivity index (χ1n) is 6.48. The van der Waals surface area contributed by atoms with Gasteiger partial charge in [0.05, 0.1) is 5.69 Å². The number of aromatic nitrogens is 3. The van der Waals surface area contributed by atoms with Crippen molar-refractivity contribution in [2.45, 2.75) is 25.2 Å². The van der Waals surface area contributed by atoms with Crippen LogP contribution in [0.25, 0.3) is 5.65 Å². The number of nitrogens with zero attached hydrogens (tertiary/aromatic N) is 3. The summed E-state index contributed by atoms with van der Waals surface area (Å²) in [7, 11) is 0. The fraction of sp³-hybridized carbons (Fsp3) is 0.538. The number of imidazole rings is 1. The predicted molar refractivity (Wildman–Crippen MR) is 68.5 cm³/mol. The van der Waals surface area contributed by atoms with E-state index in [9.17, 15) is 0 Å². The third-order valence-corrected chi connectivity index (χ3v) is 3.46. The molecule has 18 heavy (non-hydrogen) atoms. The van der Waals surface area contributed by atoms with Crippen molar-refractivity contribution in [3.63, 3.8) is 0 Å². The minimum Gasteiger partial charge on any atom is -0.381 e. The maximum Gasteiger partial charge on any atom is 0.140 e. The SMILES string of the molecule is NCCc1cn2cnc(C3CCOCC3)cc2n1. The molecule has 1 fully saturated rings. The molecule has 5 heteroatoms. The van der Waals surface area contributed by atoms with Gasteiger partial charge in [-0.1, -0.05) is 0 Å². The van der Waals surface area contributed by atoms with E-state index in [0.717, 1.165) is 49.5 Å². The van der Waals surface area contributed by atoms with Gasteiger partial charge >= 0.3 is 0 Å². The van der Waals surface area contributed by atoms with Crippen LogP contribution >= 0.6 is 0 Å². The summed E-state index contributed by atoms with van der Waals surface area (Å²) in [6.45, 7) is 2.30. The maximum atomic E-state index is 5.55. The first-order chi connectivity index (χ1) is 8.86. The van der Waals surface area contributed by atoms with Crippen molar-refractivity contribution in [2.24, 2.45) is 5.73 Å². The number of nitrogens with two attached hydrogens (primary N) is 1. The van der Waals surface area contributed by atoms with Gasteiger partial charge in [-0.15, -0.1) is 0 Å². The van der Waals surface area contributed by atoms with Crippen LogP contribution in [0.2, 0.25) is 0 Å². The zero-order valence-electron chi connectivity index (χ0n) is 10.4. The standard InChI is InChI=1S/C13H18N4O/c14-4-1-11-8-17-9-15-12(7-13(17)16-11)10-2-5-18-6-3-10/h7-10H,1-6,14H2. The Morgan fingerprint density at radius 1 is 1.39 bits per heavy atom. The predicted octanol–water partition coefficient (Wildman–Crippen LogP) is 1.12. The van der Waals surface area contributed by atoms with Gasteiger partial charge < -0.3 is 10.5 Å². The third-order valence-electron chi connectivity index (χ3n) is 3.46. The summed E-state index contributed by atoms with van der Waals surface area (Å²) < 4.78 is 7.35. The second-order valence-electron chi connectivity index (χ2n) is 4.74. The van der Waals surface area contributed by atoms with Gasteiger partial charge in [0.2, 0.25) is 0 Å². The average Bonchev–Trinajstić information content (AvgIpc) is 2.81. The first-order valence-corrected chi connectivity index (χ1v) is 6.48. The molecule has 0 spiro atoms. The first kappa shape index (κ1) is 11.6. The Morgan fingerprint density at radius 2 is 2.22 bits per heavy atom. The molecule has 96 valence electrons. The minimum absolute atomic E-state index is 0.512. The summed E-state index contributed by atoms with van der Waals surface area (Å²) in [5.41, 5.74) is 8.68. The highest BCUT2D eigenvalue weighted by atomic mass is 16.5. The van der Waals surface area contributed by atoms with E-state index in [2.05, 4.69) is 16.0 Å². The molecule has 0 amide bonds. The van der Waals surface area contributed by atoms with Crippen LogP contribution in [0.3, 0.4) is 0 Å². The van der Waals surface area contributed by atoms with E-state index in [1.165, 1.54) is 0 Å². The topological polar surface area (TPSA) is 65.4 Å². The van der Waals surface area contributed by atoms with Gasteiger partial charge in [-0.2, -0.15) is 0 Å². The molecule has 3 rings (SSSR count). The van der Waals surface area contributed by atoms with E-state index in [4.69, 9.17) is 10.5 Å². The van der Waals surface area contributed by atoms with Gasteiger partial charge in [0.25, 0.3) is 0 Å². The summed E-state index contributed by atoms with van der Waals surface area (Å²) in [5.74, 6) is 0.512. The van der Waals surface area contributed by atoms with Crippen LogP contribution in [0.15, 0.2) is 18.6 Å². The van der Waals surface area contributed by atoms with Gasteiger partial charge in [-0.3, -0.25) is 4.40 Å². The monoisotopic (exact) mass is 246 g/mol. The lowest BCUT2D eigenvalue weighted by molar-refractivity contribution is 0.0845. The van der Waals surface area contributed by atoms with Crippen molar-refractivity contribution in [3.8, 4) is 0 Å². The highest BCUT2D eigenvalue weighted by Crippen LogP contribution is 2.25. The molecule has 0 radical (unpaired) electrons. The van der Waals surface area contributed by atoms with Gasteiger partial charge in [-0.25, -0.2) is 9.97 Å². The number of rotatable bonds is 3. The largest absolute Gasteiger partial charge is 0.381 e. The molecule has 1 aliphatic heterocycles. The molecule has 5 nitrogen and oxygen atoms in total. The van der Waals surface area contributed by atoms with Crippen LogP contribution in [0.1, 0.15) is 30.1 Å². The molecule has 0 bridgehead atoms. The normalized spacial score (nSPS) is 17.4. The molecule has 0 aromatic carbocycles. The van der Waals surface area contributed by atoms with E-state index in [1.807, 2.05) is 16.9 Å². The Balaban J connectivity index is 1.89. The molecule has 2 aromatic rings. The summed E-state index contributed by atoms with van der Waals surface area (Å²) in [6, 6.07) is 2.09. The molecule has 0 aliphatic carbocycles. The molecular weight excluding hydrogens is 228 g/mol. The Morgan fingerprint density at radius 3 is 3.00 bits per heavy atom. The third kappa shape index (κ3) is 2.23. The molecule has 0 atom stereocenters. The lowest BCUT2D eigenvalue weighted by Gasteiger charge is -2.21. The Kier molecular flexibility index (Phi) is 3.25. The van der Waals surface area contributed by atoms with Crippen molar-refractivity contribution in [3.05, 3.63) is 30.0 Å². The summed E-state index contributed by atoms with van der Waals surface area (Å²) in [6.07, 6.45) is 6.78. The van der Waals surface area contributed by atoms with Crippen LogP contribution < -0.4 is 5.73 Å². The molecular formula is C13H18N4O. The van der Waals surface area contributed by atoms with Crippen LogP contribution in [0.5, 0.6) is 0 Å². The quantitative estimate of drug-likeness (QED) is 0.881. The number of ether oxygens (including phenoxy) is 1. The molecule has 0 saturated carbocycles. The summed E-state index contributed by atoms with van der Waals surface area (Å²) >= 11 is 0. The Bertz CT molecular complexity index is 531. The van der Waals surface area contributed by atoms with Crippen molar-refractivity contribution < 1.29 is 4.74 Å². The van der Waals surface area contributed by atoms with E-state index in [-0.39, 0.29) is 0 Å². The van der Waals surface area contributed by atoms with Gasteiger partial charge in [-0.05, 0) is 19.4 Å². The maximum absolute atomic E-state index is 5.55. The van der Waals surface area contributed by atoms with Crippen LogP contribution in [-0.4, -0.2) is 34.1 Å². The van der Waals surface area contributed by atoms with Crippen molar-refractivity contribution in [2.75, 3.05) is 19.8 Å². The van der Waals surface area contributed by atoms with E-state index in [0.29, 0.717) is 12.5 Å². The molecule has 0 unspecified atom stereocenters. The minimum atomic E-state index is 0.512. The van der Waals surface area contributed by atoms with Gasteiger partial charge in [0.15, 0.2) is 0 Å². The Labute approximate surface area is 106 Å². The zero-order chi connectivity index (χ0) is 12.4. The molecule has 3 heterocycles. The van der Waals surface area contributed by atoms with Crippen LogP contribution in [-0.2, 0) is 11.2 Å². The smallest absolute Gasteiger partial charge is 0.140 e. The van der Waals surface area contributed by atoms with Crippen molar-refractivity contribution in [1.82, 2.24) is 14.4 Å². The second kappa shape index (κ2) is 5.04. The highest BCUT2D eigenvalue weighted by Gasteiger charge is 2.17. The summed E-state index contributed by atoms with van der Waals surface area (Å²) in [5, 5.41) is 0. The van der Waals surface area contributed by atoms with Crippen molar-refractivity contribution >= 4 is 5.65 Å². The zero-order valence-corrected chi connectivity index (χ0v) is 10.4. The second-order valence-corrected chi connectivity index (χ2v) is 4.74. The molecule has 1 saturated heterocycles.